The first kappa shape index (κ1) is 45.7. The van der Waals surface area contributed by atoms with Gasteiger partial charge in [-0.3, -0.25) is 51.0 Å². The lowest BCUT2D eigenvalue weighted by atomic mass is 10.0. The number of nitrogens with zero attached hydrogens (tertiary/aromatic N) is 1. The molecule has 6 rings (SSSR count). The number of nitrogens with one attached hydrogen (secondary N) is 4. The maximum Gasteiger partial charge on any atom is 0.319 e. The van der Waals surface area contributed by atoms with Crippen LogP contribution in [0.25, 0.3) is 21.5 Å². The van der Waals surface area contributed by atoms with Gasteiger partial charge in [-0.2, -0.15) is 0 Å². The molecule has 0 unspecified atom stereocenters. The Kier molecular flexibility index (Phi) is 15.2. The van der Waals surface area contributed by atoms with Crippen LogP contribution in [0.2, 0.25) is 0 Å². The number of fused-ring (bicyclic) bond motifs is 2. The number of aryl methyl sites for hydroxylation is 1. The third-order valence-electron chi connectivity index (χ3n) is 7.95. The number of rotatable bonds is 5. The van der Waals surface area contributed by atoms with Gasteiger partial charge < -0.3 is 40.9 Å². The van der Waals surface area contributed by atoms with Crippen LogP contribution in [0, 0.1) is 17.0 Å². The zero-order valence-corrected chi connectivity index (χ0v) is 30.9. The first-order valence-corrected chi connectivity index (χ1v) is 16.5. The van der Waals surface area contributed by atoms with Crippen molar-refractivity contribution in [2.75, 3.05) is 0 Å². The van der Waals surface area contributed by atoms with Crippen LogP contribution in [0.5, 0.6) is 46.0 Å². The van der Waals surface area contributed by atoms with Crippen molar-refractivity contribution < 1.29 is 65.0 Å². The zero-order chi connectivity index (χ0) is 45.0. The van der Waals surface area contributed by atoms with Gasteiger partial charge in [0.15, 0.2) is 0 Å². The average molecular weight is 832 g/mol. The van der Waals surface area contributed by atoms with Crippen LogP contribution in [0.15, 0.2) is 84.9 Å². The van der Waals surface area contributed by atoms with Gasteiger partial charge >= 0.3 is 5.69 Å². The fourth-order valence-electron chi connectivity index (χ4n) is 5.32. The van der Waals surface area contributed by atoms with Crippen molar-refractivity contribution in [3.63, 3.8) is 0 Å². The monoisotopic (exact) mass is 831 g/mol. The molecule has 0 bridgehead atoms. The number of nitrogens with two attached hydrogens (primary N) is 4. The normalized spacial score (nSPS) is 10.0. The highest BCUT2D eigenvalue weighted by molar-refractivity contribution is 6.07. The summed E-state index contributed by atoms with van der Waals surface area (Å²) in [6.07, 6.45) is 0. The molecule has 0 radical (unpaired) electrons. The number of hydrazine groups is 4. The Morgan fingerprint density at radius 3 is 1.35 bits per heavy atom. The number of nitro benzene ring substituents is 1. The summed E-state index contributed by atoms with van der Waals surface area (Å²) in [5, 5.41) is 87.9. The summed E-state index contributed by atoms with van der Waals surface area (Å²) in [5.74, 6) is 13.2. The molecule has 60 heavy (non-hydrogen) atoms. The lowest BCUT2D eigenvalue weighted by Crippen LogP contribution is -2.30. The van der Waals surface area contributed by atoms with Crippen molar-refractivity contribution in [3.8, 4) is 46.0 Å². The Balaban J connectivity index is 0.000000216. The molecule has 4 amide bonds. The highest BCUT2D eigenvalue weighted by atomic mass is 16.6. The molecule has 23 heteroatoms. The molecule has 0 aliphatic rings. The van der Waals surface area contributed by atoms with Crippen LogP contribution in [-0.4, -0.2) is 69.4 Å². The molecular formula is C37H37N9O14. The fraction of sp³-hybridized carbons (Fsp3) is 0.0270. The molecule has 0 saturated heterocycles. The highest BCUT2D eigenvalue weighted by Crippen LogP contribution is 2.38. The number of hydrogen-bond donors (Lipinski definition) is 16. The highest BCUT2D eigenvalue weighted by Gasteiger charge is 2.25. The van der Waals surface area contributed by atoms with Crippen molar-refractivity contribution in [2.24, 2.45) is 23.4 Å². The topological polar surface area (TPSA) is 425 Å². The number of phenolic OH excluding ortho intramolecular Hbond substituents is 8. The van der Waals surface area contributed by atoms with E-state index in [2.05, 4.69) is 0 Å². The van der Waals surface area contributed by atoms with Gasteiger partial charge in [-0.05, 0) is 53.6 Å². The Hall–Kier alpha value is -8.64. The van der Waals surface area contributed by atoms with Gasteiger partial charge in [0.2, 0.25) is 5.75 Å². The van der Waals surface area contributed by atoms with E-state index in [0.717, 1.165) is 12.1 Å². The number of nitro groups is 1. The van der Waals surface area contributed by atoms with Gasteiger partial charge in [0.1, 0.15) is 56.9 Å². The number of hydrogen-bond acceptors (Lipinski definition) is 18. The summed E-state index contributed by atoms with van der Waals surface area (Å²) in [6.45, 7) is 1.68. The van der Waals surface area contributed by atoms with Gasteiger partial charge in [-0.1, -0.05) is 42.5 Å². The summed E-state index contributed by atoms with van der Waals surface area (Å²) in [5.41, 5.74) is 6.37. The number of amides is 4. The molecule has 0 aromatic heterocycles. The maximum absolute atomic E-state index is 11.4. The first-order chi connectivity index (χ1) is 28.3. The van der Waals surface area contributed by atoms with Crippen molar-refractivity contribution in [1.29, 1.82) is 0 Å². The lowest BCUT2D eigenvalue weighted by Gasteiger charge is -2.08. The predicted octanol–water partition coefficient (Wildman–Crippen LogP) is 1.33. The van der Waals surface area contributed by atoms with Crippen LogP contribution < -0.4 is 45.1 Å². The van der Waals surface area contributed by atoms with Crippen LogP contribution in [0.4, 0.5) is 5.69 Å². The molecule has 23 nitrogen and oxygen atoms in total. The molecule has 0 aliphatic carbocycles. The van der Waals surface area contributed by atoms with E-state index in [1.54, 1.807) is 54.8 Å². The second kappa shape index (κ2) is 20.0. The molecular weight excluding hydrogens is 794 g/mol. The Labute approximate surface area is 336 Å². The number of benzene rings is 6. The van der Waals surface area contributed by atoms with Gasteiger partial charge in [0.25, 0.3) is 23.6 Å². The van der Waals surface area contributed by atoms with E-state index in [1.807, 2.05) is 16.3 Å². The van der Waals surface area contributed by atoms with Crippen LogP contribution in [0.1, 0.15) is 47.0 Å². The predicted molar refractivity (Wildman–Crippen MR) is 212 cm³/mol. The summed E-state index contributed by atoms with van der Waals surface area (Å²) >= 11 is 0. The standard InChI is InChI=1S/C11H9N3O4.C11H10N2O3.C8H10N2O3.C7H8N2O4/c12-13-11(16)8-5-6-3-1-2-4-7(6)9(10(8)15)14(17)18;12-13-11(16)9-8(14)5-6-3-1-2-4-7(6)10(9)15;1-4-2-5(11)7(6(12)3-4)8(13)10-9;8-9-7(13)6-4(11)1-3(10)2-5(6)12/h1-5,15H,12H2,(H,13,16);1-5,14-15H,12H2,(H,13,16);2-3,11-12H,9H2,1H3,(H,10,13);1-2,10-12H,8H2,(H,9,13). The van der Waals surface area contributed by atoms with E-state index in [0.29, 0.717) is 21.7 Å². The van der Waals surface area contributed by atoms with Gasteiger partial charge in [-0.15, -0.1) is 0 Å². The average Bonchev–Trinajstić information content (AvgIpc) is 3.19. The zero-order valence-electron chi connectivity index (χ0n) is 30.9. The lowest BCUT2D eigenvalue weighted by molar-refractivity contribution is -0.384. The molecule has 0 spiro atoms. The number of carbonyl (C=O) groups is 4. The van der Waals surface area contributed by atoms with E-state index < -0.39 is 51.5 Å². The van der Waals surface area contributed by atoms with E-state index >= 15 is 0 Å². The third-order valence-corrected chi connectivity index (χ3v) is 7.95. The number of nitrogen functional groups attached to an aromatic ring is 4. The molecule has 6 aromatic carbocycles. The Morgan fingerprint density at radius 2 is 0.900 bits per heavy atom. The minimum atomic E-state index is -0.838. The molecule has 0 aliphatic heterocycles. The molecule has 0 heterocycles. The summed E-state index contributed by atoms with van der Waals surface area (Å²) < 4.78 is 0. The molecule has 314 valence electrons. The summed E-state index contributed by atoms with van der Waals surface area (Å²) in [7, 11) is 0. The Morgan fingerprint density at radius 1 is 0.517 bits per heavy atom. The largest absolute Gasteiger partial charge is 0.508 e. The number of phenols is 8. The van der Waals surface area contributed by atoms with Crippen LogP contribution in [0.3, 0.4) is 0 Å². The maximum atomic E-state index is 11.4. The molecule has 6 aromatic rings. The van der Waals surface area contributed by atoms with Crippen molar-refractivity contribution >= 4 is 50.9 Å². The summed E-state index contributed by atoms with van der Waals surface area (Å²) in [4.78, 5) is 55.0. The third kappa shape index (κ3) is 10.4. The molecule has 20 N–H and O–H groups in total. The van der Waals surface area contributed by atoms with E-state index in [-0.39, 0.29) is 56.4 Å². The number of aromatic hydroxyl groups is 8. The molecule has 0 atom stereocenters. The quantitative estimate of drug-likeness (QED) is 0.0504. The number of carbonyl (C=O) groups excluding carboxylic acids is 4. The van der Waals surface area contributed by atoms with Gasteiger partial charge in [0.05, 0.1) is 15.9 Å². The Bertz CT molecular complexity index is 2510. The summed E-state index contributed by atoms with van der Waals surface area (Å²) in [6, 6.07) is 20.6. The van der Waals surface area contributed by atoms with E-state index in [1.165, 1.54) is 30.3 Å². The van der Waals surface area contributed by atoms with Crippen LogP contribution in [-0.2, 0) is 0 Å². The molecule has 0 fully saturated rings. The minimum Gasteiger partial charge on any atom is -0.508 e. The van der Waals surface area contributed by atoms with Crippen LogP contribution >= 0.6 is 0 Å². The van der Waals surface area contributed by atoms with Crippen molar-refractivity contribution in [2.45, 2.75) is 6.92 Å². The van der Waals surface area contributed by atoms with Crippen molar-refractivity contribution in [3.05, 3.63) is 123 Å². The molecule has 0 saturated carbocycles. The second-order valence-electron chi connectivity index (χ2n) is 11.9. The first-order valence-electron chi connectivity index (χ1n) is 16.5. The van der Waals surface area contributed by atoms with Gasteiger partial charge in [-0.25, -0.2) is 23.4 Å². The van der Waals surface area contributed by atoms with Crippen molar-refractivity contribution in [1.82, 2.24) is 21.7 Å². The SMILES string of the molecule is Cc1cc(O)c(C(=O)NN)c(O)c1.NNC(=O)c1c(O)cc(O)cc1O.NNC(=O)c1c(O)cc2ccccc2c1O.NNC(=O)c1cc2ccccc2c([N+](=O)[O-])c1O. The van der Waals surface area contributed by atoms with E-state index in [4.69, 9.17) is 38.7 Å². The minimum absolute atomic E-state index is 0.215. The van der Waals surface area contributed by atoms with E-state index in [9.17, 15) is 54.8 Å². The fourth-order valence-corrected chi connectivity index (χ4v) is 5.32. The smallest absolute Gasteiger partial charge is 0.319 e. The van der Waals surface area contributed by atoms with Gasteiger partial charge in [0, 0.05) is 17.5 Å². The second-order valence-corrected chi connectivity index (χ2v) is 11.9.